The van der Waals surface area contributed by atoms with Crippen LogP contribution in [0.25, 0.3) is 16.7 Å². The van der Waals surface area contributed by atoms with E-state index in [1.807, 2.05) is 36.1 Å². The normalized spacial score (nSPS) is 16.6. The molecule has 1 fully saturated rings. The number of rotatable bonds is 4. The number of fused-ring (bicyclic) bond motifs is 1. The number of hydrogen-bond acceptors (Lipinski definition) is 5. The minimum Gasteiger partial charge on any atom is -0.350 e. The van der Waals surface area contributed by atoms with Crippen LogP contribution in [0.1, 0.15) is 32.3 Å². The van der Waals surface area contributed by atoms with Crippen molar-refractivity contribution in [3.05, 3.63) is 70.3 Å². The maximum Gasteiger partial charge on any atom is 0.355 e. The third-order valence-electron chi connectivity index (χ3n) is 5.86. The van der Waals surface area contributed by atoms with Gasteiger partial charge in [-0.1, -0.05) is 50.2 Å². The van der Waals surface area contributed by atoms with Gasteiger partial charge in [-0.15, -0.1) is 0 Å². The van der Waals surface area contributed by atoms with Crippen LogP contribution in [-0.4, -0.2) is 51.0 Å². The molecule has 166 valence electrons. The number of halogens is 1. The van der Waals surface area contributed by atoms with Crippen molar-refractivity contribution in [3.63, 3.8) is 0 Å². The van der Waals surface area contributed by atoms with E-state index in [4.69, 9.17) is 11.6 Å². The molecule has 0 radical (unpaired) electrons. The number of para-hydroxylation sites is 1. The topological polar surface area (TPSA) is 71.3 Å². The Balaban J connectivity index is 1.89. The molecule has 1 aliphatic rings. The van der Waals surface area contributed by atoms with Crippen LogP contribution in [0.2, 0.25) is 5.02 Å². The predicted molar refractivity (Wildman–Crippen MR) is 128 cm³/mol. The van der Waals surface area contributed by atoms with E-state index in [9.17, 15) is 9.59 Å². The van der Waals surface area contributed by atoms with Crippen molar-refractivity contribution in [1.29, 1.82) is 0 Å². The number of aromatic nitrogens is 3. The predicted octanol–water partition coefficient (Wildman–Crippen LogP) is 3.78. The number of carbonyl (C=O) groups is 1. The van der Waals surface area contributed by atoms with Crippen LogP contribution >= 0.6 is 11.6 Å². The number of amides is 1. The largest absolute Gasteiger partial charge is 0.355 e. The summed E-state index contributed by atoms with van der Waals surface area (Å²) in [7, 11) is 0. The first-order chi connectivity index (χ1) is 15.3. The van der Waals surface area contributed by atoms with Gasteiger partial charge in [0.2, 0.25) is 5.91 Å². The highest BCUT2D eigenvalue weighted by molar-refractivity contribution is 6.31. The molecular weight excluding hydrogens is 426 g/mol. The molecule has 7 nitrogen and oxygen atoms in total. The molecule has 1 amide bonds. The number of carbonyl (C=O) groups excluding carboxylic acids is 1. The summed E-state index contributed by atoms with van der Waals surface area (Å²) in [6.07, 6.45) is 2.87. The Bertz CT molecular complexity index is 1250. The van der Waals surface area contributed by atoms with E-state index in [-0.39, 0.29) is 17.9 Å². The number of anilines is 1. The third kappa shape index (κ3) is 3.88. The maximum absolute atomic E-state index is 13.4. The second-order valence-electron chi connectivity index (χ2n) is 8.32. The van der Waals surface area contributed by atoms with E-state index in [2.05, 4.69) is 30.4 Å². The second kappa shape index (κ2) is 8.74. The molecule has 8 heteroatoms. The van der Waals surface area contributed by atoms with E-state index in [0.717, 1.165) is 11.3 Å². The molecule has 2 aromatic heterocycles. The molecule has 3 heterocycles. The molecule has 1 aromatic carbocycles. The lowest BCUT2D eigenvalue weighted by atomic mass is 10.0. The first-order valence-corrected chi connectivity index (χ1v) is 11.0. The standard InChI is InChI=1S/C24H26ClN5O2/c1-5-21(31)28-10-11-29(16(4)14-28)23-19-12-17(25)13-26-22(19)30(24(32)27-23)20-9-7-6-8-18(20)15(2)3/h5-9,12-13,15-16H,1,10-11,14H2,2-4H3/t16-/m0/s1. The summed E-state index contributed by atoms with van der Waals surface area (Å²) in [6, 6.07) is 9.55. The van der Waals surface area contributed by atoms with Gasteiger partial charge in [-0.3, -0.25) is 4.79 Å². The Hall–Kier alpha value is -3.19. The fraction of sp³-hybridized carbons (Fsp3) is 0.333. The van der Waals surface area contributed by atoms with Crippen molar-refractivity contribution < 1.29 is 4.79 Å². The molecule has 0 saturated carbocycles. The fourth-order valence-corrected chi connectivity index (χ4v) is 4.44. The minimum absolute atomic E-state index is 0.0412. The van der Waals surface area contributed by atoms with E-state index in [1.165, 1.54) is 6.08 Å². The van der Waals surface area contributed by atoms with Crippen LogP contribution in [0, 0.1) is 0 Å². The number of pyridine rings is 1. The van der Waals surface area contributed by atoms with E-state index >= 15 is 0 Å². The lowest BCUT2D eigenvalue weighted by Crippen LogP contribution is -2.54. The first-order valence-electron chi connectivity index (χ1n) is 10.7. The average molecular weight is 452 g/mol. The van der Waals surface area contributed by atoms with Gasteiger partial charge in [-0.2, -0.15) is 4.98 Å². The van der Waals surface area contributed by atoms with Gasteiger partial charge in [0.1, 0.15) is 5.82 Å². The van der Waals surface area contributed by atoms with E-state index in [0.29, 0.717) is 41.5 Å². The molecule has 1 aliphatic heterocycles. The van der Waals surface area contributed by atoms with Crippen molar-refractivity contribution >= 4 is 34.4 Å². The van der Waals surface area contributed by atoms with Gasteiger partial charge >= 0.3 is 5.69 Å². The van der Waals surface area contributed by atoms with Gasteiger partial charge in [0.25, 0.3) is 0 Å². The maximum atomic E-state index is 13.4. The number of nitrogens with zero attached hydrogens (tertiary/aromatic N) is 5. The zero-order valence-electron chi connectivity index (χ0n) is 18.5. The summed E-state index contributed by atoms with van der Waals surface area (Å²) in [4.78, 5) is 38.2. The van der Waals surface area contributed by atoms with Gasteiger partial charge < -0.3 is 9.80 Å². The van der Waals surface area contributed by atoms with Gasteiger partial charge in [-0.05, 0) is 36.6 Å². The third-order valence-corrected chi connectivity index (χ3v) is 6.07. The smallest absolute Gasteiger partial charge is 0.350 e. The van der Waals surface area contributed by atoms with Crippen LogP contribution < -0.4 is 10.6 Å². The molecule has 0 bridgehead atoms. The van der Waals surface area contributed by atoms with Crippen LogP contribution in [0.4, 0.5) is 5.82 Å². The molecule has 3 aromatic rings. The molecule has 4 rings (SSSR count). The quantitative estimate of drug-likeness (QED) is 0.564. The van der Waals surface area contributed by atoms with Crippen molar-refractivity contribution in [2.24, 2.45) is 0 Å². The van der Waals surface area contributed by atoms with Crippen molar-refractivity contribution in [3.8, 4) is 5.69 Å². The van der Waals surface area contributed by atoms with Gasteiger partial charge in [0, 0.05) is 31.9 Å². The fourth-order valence-electron chi connectivity index (χ4n) is 4.28. The number of benzene rings is 1. The zero-order valence-corrected chi connectivity index (χ0v) is 19.2. The Morgan fingerprint density at radius 1 is 1.28 bits per heavy atom. The molecule has 0 N–H and O–H groups in total. The van der Waals surface area contributed by atoms with Crippen LogP contribution in [0.15, 0.2) is 54.0 Å². The minimum atomic E-state index is -0.396. The highest BCUT2D eigenvalue weighted by Gasteiger charge is 2.29. The van der Waals surface area contributed by atoms with E-state index in [1.54, 1.807) is 21.7 Å². The van der Waals surface area contributed by atoms with Gasteiger partial charge in [0.15, 0.2) is 5.65 Å². The second-order valence-corrected chi connectivity index (χ2v) is 8.76. The summed E-state index contributed by atoms with van der Waals surface area (Å²) in [5.74, 6) is 0.659. The van der Waals surface area contributed by atoms with Gasteiger partial charge in [-0.25, -0.2) is 14.3 Å². The molecule has 0 spiro atoms. The van der Waals surface area contributed by atoms with Crippen molar-refractivity contribution in [1.82, 2.24) is 19.4 Å². The molecule has 0 aliphatic carbocycles. The Morgan fingerprint density at radius 3 is 2.72 bits per heavy atom. The zero-order chi connectivity index (χ0) is 23.0. The number of hydrogen-bond donors (Lipinski definition) is 0. The monoisotopic (exact) mass is 451 g/mol. The Labute approximate surface area is 192 Å². The number of piperazine rings is 1. The summed E-state index contributed by atoms with van der Waals surface area (Å²) in [6.45, 7) is 11.3. The average Bonchev–Trinajstić information content (AvgIpc) is 2.78. The first kappa shape index (κ1) is 22.0. The van der Waals surface area contributed by atoms with Crippen molar-refractivity contribution in [2.75, 3.05) is 24.5 Å². The van der Waals surface area contributed by atoms with Crippen molar-refractivity contribution in [2.45, 2.75) is 32.7 Å². The van der Waals surface area contributed by atoms with Crippen LogP contribution in [-0.2, 0) is 4.79 Å². The Kier molecular flexibility index (Phi) is 6.02. The summed E-state index contributed by atoms with van der Waals surface area (Å²) < 4.78 is 1.56. The molecule has 0 unspecified atom stereocenters. The summed E-state index contributed by atoms with van der Waals surface area (Å²) in [5.41, 5.74) is 1.91. The van der Waals surface area contributed by atoms with Crippen LogP contribution in [0.5, 0.6) is 0 Å². The van der Waals surface area contributed by atoms with Gasteiger partial charge in [0.05, 0.1) is 16.1 Å². The highest BCUT2D eigenvalue weighted by atomic mass is 35.5. The molecule has 1 saturated heterocycles. The lowest BCUT2D eigenvalue weighted by Gasteiger charge is -2.40. The highest BCUT2D eigenvalue weighted by Crippen LogP contribution is 2.30. The molecule has 32 heavy (non-hydrogen) atoms. The SMILES string of the molecule is C=CC(=O)N1CCN(c2nc(=O)n(-c3ccccc3C(C)C)c3ncc(Cl)cc23)[C@@H](C)C1. The van der Waals surface area contributed by atoms with Crippen LogP contribution in [0.3, 0.4) is 0 Å². The Morgan fingerprint density at radius 2 is 2.03 bits per heavy atom. The lowest BCUT2D eigenvalue weighted by molar-refractivity contribution is -0.126. The molecular formula is C24H26ClN5O2. The summed E-state index contributed by atoms with van der Waals surface area (Å²) >= 11 is 6.31. The molecule has 1 atom stereocenters. The summed E-state index contributed by atoms with van der Waals surface area (Å²) in [5, 5.41) is 1.17. The van der Waals surface area contributed by atoms with E-state index < -0.39 is 5.69 Å².